The highest BCUT2D eigenvalue weighted by atomic mass is 19.4. The van der Waals surface area contributed by atoms with Crippen LogP contribution in [0.25, 0.3) is 0 Å². The maximum atomic E-state index is 12.3. The molecule has 1 aromatic heterocycles. The molecule has 2 rings (SSSR count). The van der Waals surface area contributed by atoms with Gasteiger partial charge >= 0.3 is 6.36 Å². The summed E-state index contributed by atoms with van der Waals surface area (Å²) in [6.45, 7) is 0.277. The molecule has 2 aromatic rings. The van der Waals surface area contributed by atoms with E-state index in [0.29, 0.717) is 11.3 Å². The summed E-state index contributed by atoms with van der Waals surface area (Å²) in [7, 11) is 0. The van der Waals surface area contributed by atoms with Gasteiger partial charge in [0.15, 0.2) is 11.5 Å². The van der Waals surface area contributed by atoms with Crippen molar-refractivity contribution in [1.82, 2.24) is 4.98 Å². The molecule has 2 N–H and O–H groups in total. The Morgan fingerprint density at radius 3 is 2.43 bits per heavy atom. The third-order valence-electron chi connectivity index (χ3n) is 2.64. The molecule has 1 aromatic carbocycles. The van der Waals surface area contributed by atoms with Gasteiger partial charge in [-0.15, -0.1) is 13.2 Å². The van der Waals surface area contributed by atoms with Gasteiger partial charge in [-0.1, -0.05) is 18.2 Å². The lowest BCUT2D eigenvalue weighted by atomic mass is 10.2. The van der Waals surface area contributed by atoms with Crippen LogP contribution < -0.4 is 15.2 Å². The molecule has 0 spiro atoms. The van der Waals surface area contributed by atoms with E-state index in [4.69, 9.17) is 10.5 Å². The van der Waals surface area contributed by atoms with E-state index >= 15 is 0 Å². The van der Waals surface area contributed by atoms with Crippen LogP contribution in [0.1, 0.15) is 11.3 Å². The predicted octanol–water partition coefficient (Wildman–Crippen LogP) is 3.02. The fraction of sp³-hybridized carbons (Fsp3) is 0.214. The van der Waals surface area contributed by atoms with Gasteiger partial charge in [0.05, 0.1) is 5.69 Å². The minimum absolute atomic E-state index is 0.00153. The number of aromatic nitrogens is 1. The van der Waals surface area contributed by atoms with E-state index < -0.39 is 6.36 Å². The van der Waals surface area contributed by atoms with Crippen LogP contribution in [-0.2, 0) is 13.2 Å². The number of ether oxygens (including phenoxy) is 2. The van der Waals surface area contributed by atoms with Crippen molar-refractivity contribution < 1.29 is 22.6 Å². The average Bonchev–Trinajstić information content (AvgIpc) is 2.45. The summed E-state index contributed by atoms with van der Waals surface area (Å²) < 4.78 is 46.2. The second kappa shape index (κ2) is 6.45. The summed E-state index contributed by atoms with van der Waals surface area (Å²) >= 11 is 0. The molecule has 4 nitrogen and oxygen atoms in total. The molecule has 0 saturated heterocycles. The first-order valence-corrected chi connectivity index (χ1v) is 6.10. The van der Waals surface area contributed by atoms with E-state index in [2.05, 4.69) is 9.72 Å². The van der Waals surface area contributed by atoms with Gasteiger partial charge in [-0.2, -0.15) is 0 Å². The number of hydrogen-bond donors (Lipinski definition) is 1. The zero-order valence-corrected chi connectivity index (χ0v) is 10.9. The minimum atomic E-state index is -4.77. The maximum Gasteiger partial charge on any atom is 0.573 e. The van der Waals surface area contributed by atoms with Crippen LogP contribution in [0.15, 0.2) is 42.6 Å². The Balaban J connectivity index is 2.13. The lowest BCUT2D eigenvalue weighted by Gasteiger charge is -2.14. The second-order valence-corrected chi connectivity index (χ2v) is 4.10. The van der Waals surface area contributed by atoms with E-state index in [1.807, 2.05) is 0 Å². The standard InChI is InChI=1S/C14H13F3N2O2/c15-14(16,17)21-13-6-2-1-5-12(13)20-9-10-4-3-7-19-11(10)8-18/h1-7H,8-9,18H2. The van der Waals surface area contributed by atoms with Crippen molar-refractivity contribution in [2.45, 2.75) is 19.5 Å². The SMILES string of the molecule is NCc1ncccc1COc1ccccc1OC(F)(F)F. The van der Waals surface area contributed by atoms with Crippen LogP contribution in [0.2, 0.25) is 0 Å². The van der Waals surface area contributed by atoms with Crippen LogP contribution in [0.3, 0.4) is 0 Å². The van der Waals surface area contributed by atoms with Gasteiger partial charge in [-0.25, -0.2) is 0 Å². The molecular weight excluding hydrogens is 285 g/mol. The number of rotatable bonds is 5. The van der Waals surface area contributed by atoms with Crippen molar-refractivity contribution in [2.75, 3.05) is 0 Å². The smallest absolute Gasteiger partial charge is 0.485 e. The van der Waals surface area contributed by atoms with Crippen molar-refractivity contribution in [2.24, 2.45) is 5.73 Å². The highest BCUT2D eigenvalue weighted by molar-refractivity contribution is 5.39. The van der Waals surface area contributed by atoms with Crippen molar-refractivity contribution >= 4 is 0 Å². The van der Waals surface area contributed by atoms with Crippen LogP contribution in [0.5, 0.6) is 11.5 Å². The van der Waals surface area contributed by atoms with Crippen LogP contribution in [0, 0.1) is 0 Å². The molecular formula is C14H13F3N2O2. The molecule has 0 atom stereocenters. The molecule has 0 fully saturated rings. The molecule has 112 valence electrons. The highest BCUT2D eigenvalue weighted by Crippen LogP contribution is 2.32. The lowest BCUT2D eigenvalue weighted by Crippen LogP contribution is -2.17. The Morgan fingerprint density at radius 2 is 1.76 bits per heavy atom. The zero-order chi connectivity index (χ0) is 15.3. The molecule has 0 amide bonds. The first-order valence-electron chi connectivity index (χ1n) is 6.10. The molecule has 7 heteroatoms. The average molecular weight is 298 g/mol. The Bertz CT molecular complexity index is 603. The number of benzene rings is 1. The number of alkyl halides is 3. The Hall–Kier alpha value is -2.28. The number of para-hydroxylation sites is 2. The molecule has 0 unspecified atom stereocenters. The molecule has 1 heterocycles. The molecule has 0 saturated carbocycles. The van der Waals surface area contributed by atoms with Crippen molar-refractivity contribution in [3.05, 3.63) is 53.9 Å². The summed E-state index contributed by atoms with van der Waals surface area (Å²) in [5.41, 5.74) is 6.88. The van der Waals surface area contributed by atoms with Crippen LogP contribution in [-0.4, -0.2) is 11.3 Å². The van der Waals surface area contributed by atoms with E-state index in [-0.39, 0.29) is 24.7 Å². The quantitative estimate of drug-likeness (QED) is 0.922. The number of pyridine rings is 1. The van der Waals surface area contributed by atoms with Gasteiger partial charge in [-0.05, 0) is 18.2 Å². The van der Waals surface area contributed by atoms with Crippen LogP contribution in [0.4, 0.5) is 13.2 Å². The van der Waals surface area contributed by atoms with E-state index in [9.17, 15) is 13.2 Å². The summed E-state index contributed by atoms with van der Waals surface area (Å²) in [6, 6.07) is 9.04. The summed E-state index contributed by atoms with van der Waals surface area (Å²) in [5.74, 6) is -0.384. The fourth-order valence-corrected chi connectivity index (χ4v) is 1.72. The summed E-state index contributed by atoms with van der Waals surface area (Å²) in [6.07, 6.45) is -3.18. The van der Waals surface area contributed by atoms with Gasteiger partial charge in [0.25, 0.3) is 0 Å². The topological polar surface area (TPSA) is 57.4 Å². The number of nitrogens with two attached hydrogens (primary N) is 1. The number of hydrogen-bond acceptors (Lipinski definition) is 4. The minimum Gasteiger partial charge on any atom is -0.485 e. The molecule has 0 aliphatic heterocycles. The zero-order valence-electron chi connectivity index (χ0n) is 10.9. The molecule has 0 bridgehead atoms. The third-order valence-corrected chi connectivity index (χ3v) is 2.64. The Morgan fingerprint density at radius 1 is 1.05 bits per heavy atom. The fourth-order valence-electron chi connectivity index (χ4n) is 1.72. The molecule has 0 radical (unpaired) electrons. The van der Waals surface area contributed by atoms with Crippen molar-refractivity contribution in [1.29, 1.82) is 0 Å². The molecule has 0 aliphatic carbocycles. The lowest BCUT2D eigenvalue weighted by molar-refractivity contribution is -0.275. The second-order valence-electron chi connectivity index (χ2n) is 4.10. The van der Waals surface area contributed by atoms with E-state index in [0.717, 1.165) is 0 Å². The molecule has 0 aliphatic rings. The first-order chi connectivity index (χ1) is 9.99. The van der Waals surface area contributed by atoms with Gasteiger partial charge in [0.1, 0.15) is 6.61 Å². The van der Waals surface area contributed by atoms with E-state index in [1.165, 1.54) is 18.2 Å². The Labute approximate surface area is 119 Å². The highest BCUT2D eigenvalue weighted by Gasteiger charge is 2.32. The van der Waals surface area contributed by atoms with E-state index in [1.54, 1.807) is 24.4 Å². The number of halogens is 3. The van der Waals surface area contributed by atoms with Crippen molar-refractivity contribution in [3.63, 3.8) is 0 Å². The maximum absolute atomic E-state index is 12.3. The summed E-state index contributed by atoms with van der Waals surface area (Å²) in [4.78, 5) is 4.08. The third kappa shape index (κ3) is 4.35. The largest absolute Gasteiger partial charge is 0.573 e. The number of nitrogens with zero attached hydrogens (tertiary/aromatic N) is 1. The molecule has 21 heavy (non-hydrogen) atoms. The predicted molar refractivity (Wildman–Crippen MR) is 69.6 cm³/mol. The first kappa shape index (κ1) is 15.1. The van der Waals surface area contributed by atoms with Gasteiger partial charge in [0.2, 0.25) is 0 Å². The normalized spacial score (nSPS) is 11.2. The van der Waals surface area contributed by atoms with Crippen molar-refractivity contribution in [3.8, 4) is 11.5 Å². The van der Waals surface area contributed by atoms with Gasteiger partial charge in [-0.3, -0.25) is 4.98 Å². The Kier molecular flexibility index (Phi) is 4.64. The monoisotopic (exact) mass is 298 g/mol. The van der Waals surface area contributed by atoms with Crippen LogP contribution >= 0.6 is 0 Å². The van der Waals surface area contributed by atoms with Gasteiger partial charge in [0, 0.05) is 18.3 Å². The van der Waals surface area contributed by atoms with Gasteiger partial charge < -0.3 is 15.2 Å². The summed E-state index contributed by atoms with van der Waals surface area (Å²) in [5, 5.41) is 0.